The number of hydrogen-bond acceptors (Lipinski definition) is 3. The summed E-state index contributed by atoms with van der Waals surface area (Å²) in [5, 5.41) is 14.8. The van der Waals surface area contributed by atoms with Crippen LogP contribution in [0.5, 0.6) is 0 Å². The zero-order valence-corrected chi connectivity index (χ0v) is 9.78. The third-order valence-corrected chi connectivity index (χ3v) is 3.03. The first-order valence-corrected chi connectivity index (χ1v) is 6.01. The second-order valence-electron chi connectivity index (χ2n) is 4.31. The van der Waals surface area contributed by atoms with Gasteiger partial charge >= 0.3 is 0 Å². The third kappa shape index (κ3) is 2.97. The van der Waals surface area contributed by atoms with Gasteiger partial charge in [-0.25, -0.2) is 0 Å². The van der Waals surface area contributed by atoms with Gasteiger partial charge in [-0.05, 0) is 24.5 Å². The number of para-hydroxylation sites is 1. The molecule has 1 aromatic rings. The average Bonchev–Trinajstić information content (AvgIpc) is 2.38. The minimum absolute atomic E-state index is 0.0106. The number of benzene rings is 1. The van der Waals surface area contributed by atoms with Gasteiger partial charge in [0, 0.05) is 25.4 Å². The molecule has 17 heavy (non-hydrogen) atoms. The van der Waals surface area contributed by atoms with E-state index in [0.717, 1.165) is 12.1 Å². The number of carbonyl (C=O) groups excluding carboxylic acids is 1. The lowest BCUT2D eigenvalue weighted by Gasteiger charge is -2.25. The Labute approximate surface area is 101 Å². The fourth-order valence-corrected chi connectivity index (χ4v) is 2.06. The van der Waals surface area contributed by atoms with E-state index in [1.165, 1.54) is 5.56 Å². The van der Waals surface area contributed by atoms with Crippen LogP contribution in [-0.2, 0) is 11.2 Å². The Hall–Kier alpha value is -1.55. The van der Waals surface area contributed by atoms with Crippen LogP contribution in [-0.4, -0.2) is 30.7 Å². The van der Waals surface area contributed by atoms with Gasteiger partial charge in [-0.15, -0.1) is 0 Å². The number of amides is 1. The SMILES string of the molecule is O=C(NCCCO)C1CNc2ccccc2C1. The van der Waals surface area contributed by atoms with Crippen LogP contribution in [0.2, 0.25) is 0 Å². The molecule has 3 N–H and O–H groups in total. The van der Waals surface area contributed by atoms with Gasteiger partial charge in [-0.1, -0.05) is 18.2 Å². The lowest BCUT2D eigenvalue weighted by molar-refractivity contribution is -0.124. The van der Waals surface area contributed by atoms with Gasteiger partial charge in [0.2, 0.25) is 5.91 Å². The van der Waals surface area contributed by atoms with Gasteiger partial charge < -0.3 is 15.7 Å². The highest BCUT2D eigenvalue weighted by atomic mass is 16.3. The number of aliphatic hydroxyl groups is 1. The third-order valence-electron chi connectivity index (χ3n) is 3.03. The van der Waals surface area contributed by atoms with Crippen molar-refractivity contribution in [2.24, 2.45) is 5.92 Å². The summed E-state index contributed by atoms with van der Waals surface area (Å²) in [6, 6.07) is 8.07. The number of hydrogen-bond donors (Lipinski definition) is 3. The van der Waals surface area contributed by atoms with Crippen molar-refractivity contribution in [2.75, 3.05) is 25.0 Å². The van der Waals surface area contributed by atoms with Crippen molar-refractivity contribution in [2.45, 2.75) is 12.8 Å². The van der Waals surface area contributed by atoms with Crippen molar-refractivity contribution in [3.8, 4) is 0 Å². The first-order chi connectivity index (χ1) is 8.31. The van der Waals surface area contributed by atoms with Gasteiger partial charge in [-0.3, -0.25) is 4.79 Å². The Kier molecular flexibility index (Phi) is 3.98. The van der Waals surface area contributed by atoms with E-state index in [1.54, 1.807) is 0 Å². The molecular formula is C13H18N2O2. The number of anilines is 1. The maximum atomic E-state index is 11.8. The van der Waals surface area contributed by atoms with E-state index in [4.69, 9.17) is 5.11 Å². The number of aliphatic hydroxyl groups excluding tert-OH is 1. The highest BCUT2D eigenvalue weighted by Gasteiger charge is 2.23. The Morgan fingerprint density at radius 3 is 3.12 bits per heavy atom. The van der Waals surface area contributed by atoms with Gasteiger partial charge in [0.1, 0.15) is 0 Å². The molecule has 0 radical (unpaired) electrons. The molecule has 0 fully saturated rings. The lowest BCUT2D eigenvalue weighted by Crippen LogP contribution is -2.38. The first-order valence-electron chi connectivity index (χ1n) is 6.01. The highest BCUT2D eigenvalue weighted by Crippen LogP contribution is 2.24. The number of carbonyl (C=O) groups is 1. The van der Waals surface area contributed by atoms with Crippen LogP contribution in [0.3, 0.4) is 0 Å². The highest BCUT2D eigenvalue weighted by molar-refractivity contribution is 5.80. The van der Waals surface area contributed by atoms with Crippen molar-refractivity contribution >= 4 is 11.6 Å². The van der Waals surface area contributed by atoms with Gasteiger partial charge in [-0.2, -0.15) is 0 Å². The second-order valence-corrected chi connectivity index (χ2v) is 4.31. The molecule has 1 heterocycles. The molecule has 4 nitrogen and oxygen atoms in total. The first kappa shape index (κ1) is 11.9. The lowest BCUT2D eigenvalue weighted by atomic mass is 9.93. The molecule has 1 aromatic carbocycles. The minimum Gasteiger partial charge on any atom is -0.396 e. The molecule has 1 amide bonds. The maximum Gasteiger partial charge on any atom is 0.225 e. The minimum atomic E-state index is -0.0106. The molecule has 1 unspecified atom stereocenters. The van der Waals surface area contributed by atoms with Gasteiger partial charge in [0.25, 0.3) is 0 Å². The Balaban J connectivity index is 1.91. The predicted molar refractivity (Wildman–Crippen MR) is 66.8 cm³/mol. The predicted octanol–water partition coefficient (Wildman–Crippen LogP) is 0.769. The van der Waals surface area contributed by atoms with Crippen molar-refractivity contribution < 1.29 is 9.90 Å². The van der Waals surface area contributed by atoms with E-state index >= 15 is 0 Å². The van der Waals surface area contributed by atoms with Crippen molar-refractivity contribution in [1.29, 1.82) is 0 Å². The van der Waals surface area contributed by atoms with E-state index in [2.05, 4.69) is 16.7 Å². The Morgan fingerprint density at radius 2 is 2.29 bits per heavy atom. The summed E-state index contributed by atoms with van der Waals surface area (Å²) in [5.74, 6) is 0.0593. The van der Waals surface area contributed by atoms with E-state index < -0.39 is 0 Å². The van der Waals surface area contributed by atoms with Crippen molar-refractivity contribution in [3.63, 3.8) is 0 Å². The zero-order chi connectivity index (χ0) is 12.1. The maximum absolute atomic E-state index is 11.8. The van der Waals surface area contributed by atoms with Crippen LogP contribution < -0.4 is 10.6 Å². The molecule has 2 rings (SSSR count). The molecule has 0 spiro atoms. The number of fused-ring (bicyclic) bond motifs is 1. The fraction of sp³-hybridized carbons (Fsp3) is 0.462. The summed E-state index contributed by atoms with van der Waals surface area (Å²) in [6.07, 6.45) is 1.40. The standard InChI is InChI=1S/C13H18N2O2/c16-7-3-6-14-13(17)11-8-10-4-1-2-5-12(10)15-9-11/h1-2,4-5,11,15-16H,3,6-9H2,(H,14,17). The summed E-state index contributed by atoms with van der Waals surface area (Å²) >= 11 is 0. The topological polar surface area (TPSA) is 61.4 Å². The van der Waals surface area contributed by atoms with Gasteiger partial charge in [0.15, 0.2) is 0 Å². The number of rotatable bonds is 4. The molecule has 92 valence electrons. The molecular weight excluding hydrogens is 216 g/mol. The molecule has 1 aliphatic rings. The molecule has 4 heteroatoms. The quantitative estimate of drug-likeness (QED) is 0.674. The molecule has 0 bridgehead atoms. The normalized spacial score (nSPS) is 18.1. The monoisotopic (exact) mass is 234 g/mol. The van der Waals surface area contributed by atoms with Crippen LogP contribution in [0.15, 0.2) is 24.3 Å². The van der Waals surface area contributed by atoms with Crippen LogP contribution in [0.4, 0.5) is 5.69 Å². The summed E-state index contributed by atoms with van der Waals surface area (Å²) in [7, 11) is 0. The molecule has 0 saturated heterocycles. The molecule has 0 aliphatic carbocycles. The van der Waals surface area contributed by atoms with Crippen LogP contribution >= 0.6 is 0 Å². The molecule has 1 aliphatic heterocycles. The van der Waals surface area contributed by atoms with E-state index in [9.17, 15) is 4.79 Å². The largest absolute Gasteiger partial charge is 0.396 e. The Morgan fingerprint density at radius 1 is 1.47 bits per heavy atom. The fourth-order valence-electron chi connectivity index (χ4n) is 2.06. The van der Waals surface area contributed by atoms with Gasteiger partial charge in [0.05, 0.1) is 5.92 Å². The Bertz CT molecular complexity index is 393. The molecule has 1 atom stereocenters. The average molecular weight is 234 g/mol. The second kappa shape index (κ2) is 5.68. The van der Waals surface area contributed by atoms with Crippen LogP contribution in [0.1, 0.15) is 12.0 Å². The van der Waals surface area contributed by atoms with Crippen molar-refractivity contribution in [1.82, 2.24) is 5.32 Å². The smallest absolute Gasteiger partial charge is 0.225 e. The summed E-state index contributed by atoms with van der Waals surface area (Å²) in [5.41, 5.74) is 2.33. The van der Waals surface area contributed by atoms with Crippen LogP contribution in [0.25, 0.3) is 0 Å². The van der Waals surface area contributed by atoms with E-state index in [-0.39, 0.29) is 18.4 Å². The molecule has 0 saturated carbocycles. The molecule has 0 aromatic heterocycles. The zero-order valence-electron chi connectivity index (χ0n) is 9.78. The summed E-state index contributed by atoms with van der Waals surface area (Å²) in [6.45, 7) is 1.35. The summed E-state index contributed by atoms with van der Waals surface area (Å²) in [4.78, 5) is 11.8. The summed E-state index contributed by atoms with van der Waals surface area (Å²) < 4.78 is 0. The van der Waals surface area contributed by atoms with Crippen molar-refractivity contribution in [3.05, 3.63) is 29.8 Å². The van der Waals surface area contributed by atoms with E-state index in [0.29, 0.717) is 19.5 Å². The number of nitrogens with one attached hydrogen (secondary N) is 2. The van der Waals surface area contributed by atoms with Crippen LogP contribution in [0, 0.1) is 5.92 Å². The van der Waals surface area contributed by atoms with E-state index in [1.807, 2.05) is 18.2 Å².